The van der Waals surface area contributed by atoms with Gasteiger partial charge in [0.25, 0.3) is 11.8 Å². The van der Waals surface area contributed by atoms with Gasteiger partial charge in [0.15, 0.2) is 6.10 Å². The number of nitrogens with one attached hydrogen (secondary N) is 2. The molecule has 3 aromatic rings. The molecule has 5 nitrogen and oxygen atoms in total. The van der Waals surface area contributed by atoms with E-state index in [1.165, 1.54) is 0 Å². The summed E-state index contributed by atoms with van der Waals surface area (Å²) in [4.78, 5) is 25.9. The van der Waals surface area contributed by atoms with Crippen LogP contribution in [0, 0.1) is 13.8 Å². The number of hydrogen-bond donors (Lipinski definition) is 2. The summed E-state index contributed by atoms with van der Waals surface area (Å²) in [6.07, 6.45) is -0.173. The molecule has 2 atom stereocenters. The normalized spacial score (nSPS) is 12.5. The van der Waals surface area contributed by atoms with Gasteiger partial charge in [-0.15, -0.1) is 0 Å². The first-order valence-corrected chi connectivity index (χ1v) is 10.9. The summed E-state index contributed by atoms with van der Waals surface area (Å²) in [5.41, 5.74) is 4.02. The van der Waals surface area contributed by atoms with Crippen LogP contribution in [0.2, 0.25) is 0 Å². The van der Waals surface area contributed by atoms with Gasteiger partial charge in [-0.25, -0.2) is 0 Å². The molecule has 0 spiro atoms. The molecule has 0 aromatic heterocycles. The summed E-state index contributed by atoms with van der Waals surface area (Å²) in [7, 11) is 0. The number of benzene rings is 3. The molecular formula is C27H30N2O3. The topological polar surface area (TPSA) is 67.4 Å². The van der Waals surface area contributed by atoms with Crippen LogP contribution in [-0.4, -0.2) is 17.9 Å². The van der Waals surface area contributed by atoms with E-state index in [0.717, 1.165) is 16.7 Å². The predicted molar refractivity (Wildman–Crippen MR) is 128 cm³/mol. The average molecular weight is 431 g/mol. The minimum Gasteiger partial charge on any atom is -0.481 e. The number of amides is 2. The number of aryl methyl sites for hydroxylation is 2. The van der Waals surface area contributed by atoms with Crippen molar-refractivity contribution < 1.29 is 14.3 Å². The maximum atomic E-state index is 13.0. The van der Waals surface area contributed by atoms with Gasteiger partial charge in [-0.05, 0) is 68.1 Å². The molecular weight excluding hydrogens is 400 g/mol. The number of anilines is 1. The summed E-state index contributed by atoms with van der Waals surface area (Å²) in [6.45, 7) is 7.81. The molecule has 0 bridgehead atoms. The molecule has 0 saturated heterocycles. The minimum absolute atomic E-state index is 0.163. The van der Waals surface area contributed by atoms with Gasteiger partial charge in [0.1, 0.15) is 5.75 Å². The van der Waals surface area contributed by atoms with Crippen molar-refractivity contribution >= 4 is 17.5 Å². The summed E-state index contributed by atoms with van der Waals surface area (Å²) in [6, 6.07) is 22.5. The Morgan fingerprint density at radius 2 is 1.53 bits per heavy atom. The maximum Gasteiger partial charge on any atom is 0.265 e. The molecule has 0 radical (unpaired) electrons. The Balaban J connectivity index is 1.72. The lowest BCUT2D eigenvalue weighted by Gasteiger charge is -2.20. The SMILES string of the molecule is CC[C@@H](Oc1cc(C)cc(C)c1)C(=O)Nc1ccccc1C(=O)N[C@@H](C)c1ccccc1. The minimum atomic E-state index is -0.671. The predicted octanol–water partition coefficient (Wildman–Crippen LogP) is 5.59. The molecule has 0 aliphatic carbocycles. The van der Waals surface area contributed by atoms with Gasteiger partial charge in [0.2, 0.25) is 0 Å². The standard InChI is InChI=1S/C27H30N2O3/c1-5-25(32-22-16-18(2)15-19(3)17-22)27(31)29-24-14-10-9-13-23(24)26(30)28-20(4)21-11-7-6-8-12-21/h6-17,20,25H,5H2,1-4H3,(H,28,30)(H,29,31)/t20-,25+/m0/s1. The lowest BCUT2D eigenvalue weighted by atomic mass is 10.1. The molecule has 2 amide bonds. The fraction of sp³-hybridized carbons (Fsp3) is 0.259. The highest BCUT2D eigenvalue weighted by molar-refractivity contribution is 6.04. The van der Waals surface area contributed by atoms with Crippen LogP contribution in [0.25, 0.3) is 0 Å². The fourth-order valence-corrected chi connectivity index (χ4v) is 3.59. The zero-order valence-corrected chi connectivity index (χ0v) is 19.0. The molecule has 2 N–H and O–H groups in total. The molecule has 3 aromatic carbocycles. The zero-order chi connectivity index (χ0) is 23.1. The third kappa shape index (κ3) is 5.97. The van der Waals surface area contributed by atoms with E-state index in [9.17, 15) is 9.59 Å². The van der Waals surface area contributed by atoms with Crippen LogP contribution in [-0.2, 0) is 4.79 Å². The Morgan fingerprint density at radius 3 is 2.19 bits per heavy atom. The number of carbonyl (C=O) groups excluding carboxylic acids is 2. The van der Waals surface area contributed by atoms with Crippen molar-refractivity contribution in [2.45, 2.75) is 46.3 Å². The summed E-state index contributed by atoms with van der Waals surface area (Å²) >= 11 is 0. The van der Waals surface area contributed by atoms with Gasteiger partial charge in [0, 0.05) is 0 Å². The first-order valence-electron chi connectivity index (χ1n) is 10.9. The number of ether oxygens (including phenoxy) is 1. The molecule has 0 unspecified atom stereocenters. The van der Waals surface area contributed by atoms with E-state index >= 15 is 0 Å². The van der Waals surface area contributed by atoms with Crippen LogP contribution in [0.4, 0.5) is 5.69 Å². The molecule has 0 aliphatic rings. The van der Waals surface area contributed by atoms with Crippen LogP contribution >= 0.6 is 0 Å². The molecule has 5 heteroatoms. The molecule has 166 valence electrons. The Morgan fingerprint density at radius 1 is 0.906 bits per heavy atom. The van der Waals surface area contributed by atoms with Crippen molar-refractivity contribution in [3.8, 4) is 5.75 Å². The second-order valence-corrected chi connectivity index (χ2v) is 7.98. The van der Waals surface area contributed by atoms with Crippen LogP contribution < -0.4 is 15.4 Å². The highest BCUT2D eigenvalue weighted by atomic mass is 16.5. The number of hydrogen-bond acceptors (Lipinski definition) is 3. The lowest BCUT2D eigenvalue weighted by Crippen LogP contribution is -2.34. The largest absolute Gasteiger partial charge is 0.481 e. The maximum absolute atomic E-state index is 13.0. The van der Waals surface area contributed by atoms with E-state index in [2.05, 4.69) is 16.7 Å². The van der Waals surface area contributed by atoms with Crippen molar-refractivity contribution in [1.82, 2.24) is 5.32 Å². The smallest absolute Gasteiger partial charge is 0.265 e. The van der Waals surface area contributed by atoms with Crippen molar-refractivity contribution in [2.75, 3.05) is 5.32 Å². The Bertz CT molecular complexity index is 1060. The third-order valence-electron chi connectivity index (χ3n) is 5.21. The van der Waals surface area contributed by atoms with Gasteiger partial charge in [0.05, 0.1) is 17.3 Å². The zero-order valence-electron chi connectivity index (χ0n) is 19.0. The summed E-state index contributed by atoms with van der Waals surface area (Å²) < 4.78 is 5.97. The van der Waals surface area contributed by atoms with E-state index in [1.807, 2.05) is 70.2 Å². The van der Waals surface area contributed by atoms with Crippen LogP contribution in [0.15, 0.2) is 72.8 Å². The number of carbonyl (C=O) groups is 2. The molecule has 0 heterocycles. The fourth-order valence-electron chi connectivity index (χ4n) is 3.59. The van der Waals surface area contributed by atoms with Gasteiger partial charge in [-0.1, -0.05) is 55.5 Å². The van der Waals surface area contributed by atoms with Crippen LogP contribution in [0.3, 0.4) is 0 Å². The second-order valence-electron chi connectivity index (χ2n) is 7.98. The number of rotatable bonds is 8. The highest BCUT2D eigenvalue weighted by Crippen LogP contribution is 2.21. The molecule has 32 heavy (non-hydrogen) atoms. The second kappa shape index (κ2) is 10.6. The summed E-state index contributed by atoms with van der Waals surface area (Å²) in [5.74, 6) is 0.121. The van der Waals surface area contributed by atoms with E-state index < -0.39 is 6.10 Å². The van der Waals surface area contributed by atoms with E-state index in [0.29, 0.717) is 23.4 Å². The Kier molecular flexibility index (Phi) is 7.66. The first-order chi connectivity index (χ1) is 15.4. The van der Waals surface area contributed by atoms with Crippen LogP contribution in [0.5, 0.6) is 5.75 Å². The van der Waals surface area contributed by atoms with E-state index in [4.69, 9.17) is 4.74 Å². The third-order valence-corrected chi connectivity index (χ3v) is 5.21. The molecule has 0 fully saturated rings. The van der Waals surface area contributed by atoms with Crippen molar-refractivity contribution in [1.29, 1.82) is 0 Å². The van der Waals surface area contributed by atoms with Crippen molar-refractivity contribution in [2.24, 2.45) is 0 Å². The Hall–Kier alpha value is -3.60. The van der Waals surface area contributed by atoms with Crippen molar-refractivity contribution in [3.63, 3.8) is 0 Å². The van der Waals surface area contributed by atoms with E-state index in [1.54, 1.807) is 24.3 Å². The molecule has 0 saturated carbocycles. The molecule has 0 aliphatic heterocycles. The van der Waals surface area contributed by atoms with Gasteiger partial charge >= 0.3 is 0 Å². The van der Waals surface area contributed by atoms with Crippen molar-refractivity contribution in [3.05, 3.63) is 95.1 Å². The highest BCUT2D eigenvalue weighted by Gasteiger charge is 2.22. The monoisotopic (exact) mass is 430 g/mol. The Labute approximate surface area is 189 Å². The first kappa shape index (κ1) is 23.1. The van der Waals surface area contributed by atoms with Crippen LogP contribution in [0.1, 0.15) is 53.4 Å². The molecule has 3 rings (SSSR count). The summed E-state index contributed by atoms with van der Waals surface area (Å²) in [5, 5.41) is 5.88. The lowest BCUT2D eigenvalue weighted by molar-refractivity contribution is -0.122. The quantitative estimate of drug-likeness (QED) is 0.489. The average Bonchev–Trinajstić information content (AvgIpc) is 2.77. The van der Waals surface area contributed by atoms with Gasteiger partial charge < -0.3 is 15.4 Å². The van der Waals surface area contributed by atoms with E-state index in [-0.39, 0.29) is 17.9 Å². The van der Waals surface area contributed by atoms with Gasteiger partial charge in [-0.3, -0.25) is 9.59 Å². The van der Waals surface area contributed by atoms with Gasteiger partial charge in [-0.2, -0.15) is 0 Å². The number of para-hydroxylation sites is 1.